The Labute approximate surface area is 195 Å². The number of nitrogen functional groups attached to an aromatic ring is 1. The molecule has 5 rings (SSSR count). The van der Waals surface area contributed by atoms with E-state index in [9.17, 15) is 14.7 Å². The number of amides is 1. The molecule has 2 aliphatic heterocycles. The number of fused-ring (bicyclic) bond motifs is 1. The van der Waals surface area contributed by atoms with E-state index in [4.69, 9.17) is 10.5 Å². The van der Waals surface area contributed by atoms with Crippen molar-refractivity contribution in [3.8, 4) is 17.0 Å². The summed E-state index contributed by atoms with van der Waals surface area (Å²) in [5.74, 6) is -0.910. The van der Waals surface area contributed by atoms with E-state index < -0.39 is 12.0 Å². The van der Waals surface area contributed by atoms with Crippen LogP contribution >= 0.6 is 0 Å². The van der Waals surface area contributed by atoms with Crippen LogP contribution in [0.15, 0.2) is 30.9 Å². The molecule has 1 aromatic carbocycles. The van der Waals surface area contributed by atoms with Gasteiger partial charge in [0.2, 0.25) is 5.88 Å². The van der Waals surface area contributed by atoms with Crippen molar-refractivity contribution in [2.75, 3.05) is 30.3 Å². The average molecular weight is 463 g/mol. The van der Waals surface area contributed by atoms with Crippen molar-refractivity contribution in [1.29, 1.82) is 0 Å². The Morgan fingerprint density at radius 1 is 1.24 bits per heavy atom. The lowest BCUT2D eigenvalue weighted by Crippen LogP contribution is -2.36. The fourth-order valence-electron chi connectivity index (χ4n) is 4.84. The number of hydrogen-bond acceptors (Lipinski definition) is 8. The second kappa shape index (κ2) is 8.41. The van der Waals surface area contributed by atoms with Gasteiger partial charge in [-0.1, -0.05) is 0 Å². The van der Waals surface area contributed by atoms with Crippen LogP contribution in [-0.4, -0.2) is 62.5 Å². The molecule has 1 unspecified atom stereocenters. The Kier molecular flexibility index (Phi) is 5.40. The summed E-state index contributed by atoms with van der Waals surface area (Å²) in [6, 6.07) is 2.99. The number of carboxylic acids is 1. The Morgan fingerprint density at radius 3 is 2.74 bits per heavy atom. The Morgan fingerprint density at radius 2 is 2.00 bits per heavy atom. The molecule has 0 aliphatic carbocycles. The monoisotopic (exact) mass is 463 g/mol. The van der Waals surface area contributed by atoms with E-state index in [1.54, 1.807) is 15.8 Å². The van der Waals surface area contributed by atoms with E-state index in [-0.39, 0.29) is 35.8 Å². The minimum atomic E-state index is -0.880. The van der Waals surface area contributed by atoms with Crippen LogP contribution < -0.4 is 20.7 Å². The van der Waals surface area contributed by atoms with E-state index in [1.165, 1.54) is 6.33 Å². The van der Waals surface area contributed by atoms with Crippen molar-refractivity contribution in [2.24, 2.45) is 0 Å². The van der Waals surface area contributed by atoms with E-state index in [0.717, 1.165) is 27.9 Å². The predicted molar refractivity (Wildman–Crippen MR) is 124 cm³/mol. The van der Waals surface area contributed by atoms with Crippen molar-refractivity contribution < 1.29 is 19.4 Å². The highest BCUT2D eigenvalue weighted by molar-refractivity contribution is 6.10. The molecule has 1 amide bonds. The molecule has 2 aromatic heterocycles. The first-order valence-corrected chi connectivity index (χ1v) is 11.0. The topological polar surface area (TPSA) is 148 Å². The number of aliphatic carboxylic acids is 1. The molecule has 4 N–H and O–H groups in total. The normalized spacial score (nSPS) is 20.1. The predicted octanol–water partition coefficient (Wildman–Crippen LogP) is 1.57. The maximum atomic E-state index is 13.3. The zero-order valence-electron chi connectivity index (χ0n) is 18.9. The molecule has 11 nitrogen and oxygen atoms in total. The summed E-state index contributed by atoms with van der Waals surface area (Å²) in [7, 11) is 0. The number of benzene rings is 1. The molecule has 0 spiro atoms. The third-order valence-corrected chi connectivity index (χ3v) is 6.37. The molecular formula is C23H25N7O4. The summed E-state index contributed by atoms with van der Waals surface area (Å²) in [6.45, 7) is 5.21. The number of nitrogens with one attached hydrogen (secondary N) is 1. The van der Waals surface area contributed by atoms with Crippen LogP contribution in [0.3, 0.4) is 0 Å². The quantitative estimate of drug-likeness (QED) is 0.524. The maximum Gasteiger partial charge on any atom is 0.322 e. The smallest absolute Gasteiger partial charge is 0.322 e. The minimum absolute atomic E-state index is 0.0837. The summed E-state index contributed by atoms with van der Waals surface area (Å²) < 4.78 is 7.36. The standard InChI is InChI=1S/C23H25N7O4/c1-12-7-15(29-5-6-34-21-18(22(29)31)20(24)26-11-27-21)8-13(2)17(12)14-9-28-30(10-14)16-3-4-25-19(16)23(32)33/h7-11,16,19,25H,3-6H2,1-2H3,(H,32,33)(H2,24,26,27)/t16?,19-/m0/s1. The molecule has 1 fully saturated rings. The number of anilines is 2. The first-order valence-electron chi connectivity index (χ1n) is 11.0. The van der Waals surface area contributed by atoms with Crippen LogP contribution in [0, 0.1) is 13.8 Å². The second-order valence-corrected chi connectivity index (χ2v) is 8.53. The van der Waals surface area contributed by atoms with Crippen LogP contribution in [0.1, 0.15) is 33.9 Å². The second-order valence-electron chi connectivity index (χ2n) is 8.53. The third-order valence-electron chi connectivity index (χ3n) is 6.37. The van der Waals surface area contributed by atoms with Crippen molar-refractivity contribution in [3.63, 3.8) is 0 Å². The van der Waals surface area contributed by atoms with Crippen molar-refractivity contribution in [2.45, 2.75) is 32.4 Å². The molecule has 4 heterocycles. The van der Waals surface area contributed by atoms with Gasteiger partial charge in [0, 0.05) is 17.4 Å². The van der Waals surface area contributed by atoms with Gasteiger partial charge in [0.25, 0.3) is 5.91 Å². The lowest BCUT2D eigenvalue weighted by atomic mass is 9.96. The fraction of sp³-hybridized carbons (Fsp3) is 0.348. The minimum Gasteiger partial charge on any atom is -0.480 e. The molecular weight excluding hydrogens is 438 g/mol. The van der Waals surface area contributed by atoms with Gasteiger partial charge in [0.1, 0.15) is 30.4 Å². The van der Waals surface area contributed by atoms with Gasteiger partial charge in [-0.3, -0.25) is 14.3 Å². The summed E-state index contributed by atoms with van der Waals surface area (Å²) in [4.78, 5) is 34.5. The molecule has 2 aliphatic rings. The number of carbonyl (C=O) groups is 2. The summed E-state index contributed by atoms with van der Waals surface area (Å²) >= 11 is 0. The number of aromatic nitrogens is 4. The molecule has 3 aromatic rings. The fourth-order valence-corrected chi connectivity index (χ4v) is 4.84. The zero-order chi connectivity index (χ0) is 24.0. The molecule has 2 atom stereocenters. The number of rotatable bonds is 4. The van der Waals surface area contributed by atoms with Crippen LogP contribution in [0.5, 0.6) is 5.88 Å². The Hall–Kier alpha value is -3.99. The lowest BCUT2D eigenvalue weighted by molar-refractivity contribution is -0.140. The third kappa shape index (κ3) is 3.63. The van der Waals surface area contributed by atoms with Crippen molar-refractivity contribution in [1.82, 2.24) is 25.1 Å². The van der Waals surface area contributed by atoms with E-state index >= 15 is 0 Å². The van der Waals surface area contributed by atoms with Gasteiger partial charge in [-0.05, 0) is 55.6 Å². The SMILES string of the molecule is Cc1cc(N2CCOc3ncnc(N)c3C2=O)cc(C)c1-c1cnn(C2CCN[C@@H]2C(=O)O)c1. The largest absolute Gasteiger partial charge is 0.480 e. The van der Waals surface area contributed by atoms with Gasteiger partial charge in [-0.15, -0.1) is 0 Å². The van der Waals surface area contributed by atoms with Gasteiger partial charge in [-0.25, -0.2) is 9.97 Å². The molecule has 1 saturated heterocycles. The maximum absolute atomic E-state index is 13.3. The van der Waals surface area contributed by atoms with Crippen LogP contribution in [0.25, 0.3) is 11.1 Å². The number of ether oxygens (including phenoxy) is 1. The lowest BCUT2D eigenvalue weighted by Gasteiger charge is -2.22. The zero-order valence-corrected chi connectivity index (χ0v) is 18.9. The summed E-state index contributed by atoms with van der Waals surface area (Å²) in [6.07, 6.45) is 5.62. The van der Waals surface area contributed by atoms with E-state index in [1.807, 2.05) is 32.2 Å². The molecule has 0 saturated carbocycles. The molecule has 0 bridgehead atoms. The highest BCUT2D eigenvalue weighted by atomic mass is 16.5. The molecule has 176 valence electrons. The first-order chi connectivity index (χ1) is 16.3. The number of aryl methyl sites for hydroxylation is 2. The molecule has 0 radical (unpaired) electrons. The van der Waals surface area contributed by atoms with Gasteiger partial charge in [0.05, 0.1) is 18.8 Å². The molecule has 34 heavy (non-hydrogen) atoms. The Bertz CT molecular complexity index is 1270. The van der Waals surface area contributed by atoms with E-state index in [0.29, 0.717) is 19.5 Å². The summed E-state index contributed by atoms with van der Waals surface area (Å²) in [5, 5.41) is 17.0. The van der Waals surface area contributed by atoms with Crippen LogP contribution in [-0.2, 0) is 4.79 Å². The first kappa shape index (κ1) is 21.8. The van der Waals surface area contributed by atoms with Crippen molar-refractivity contribution in [3.05, 3.63) is 47.5 Å². The number of nitrogens with two attached hydrogens (primary N) is 1. The van der Waals surface area contributed by atoms with Gasteiger partial charge < -0.3 is 25.8 Å². The summed E-state index contributed by atoms with van der Waals surface area (Å²) in [5.41, 5.74) is 10.7. The van der Waals surface area contributed by atoms with Crippen molar-refractivity contribution >= 4 is 23.4 Å². The van der Waals surface area contributed by atoms with Crippen LogP contribution in [0.4, 0.5) is 11.5 Å². The van der Waals surface area contributed by atoms with E-state index in [2.05, 4.69) is 20.4 Å². The van der Waals surface area contributed by atoms with Gasteiger partial charge in [-0.2, -0.15) is 5.10 Å². The molecule has 11 heteroatoms. The van der Waals surface area contributed by atoms with Gasteiger partial charge >= 0.3 is 5.97 Å². The average Bonchev–Trinajstić information content (AvgIpc) is 3.42. The number of hydrogen-bond donors (Lipinski definition) is 3. The highest BCUT2D eigenvalue weighted by Gasteiger charge is 2.34. The van der Waals surface area contributed by atoms with Gasteiger partial charge in [0.15, 0.2) is 0 Å². The van der Waals surface area contributed by atoms with Crippen LogP contribution in [0.2, 0.25) is 0 Å². The number of nitrogens with zero attached hydrogens (tertiary/aromatic N) is 5. The Balaban J connectivity index is 1.47. The number of carbonyl (C=O) groups excluding carboxylic acids is 1. The number of carboxylic acid groups (broad SMARTS) is 1. The highest BCUT2D eigenvalue weighted by Crippen LogP contribution is 2.34.